The Bertz CT molecular complexity index is 850. The number of rotatable bonds is 4. The third-order valence-electron chi connectivity index (χ3n) is 5.16. The third kappa shape index (κ3) is 3.63. The maximum absolute atomic E-state index is 13.1. The Balaban J connectivity index is 2.05. The third-order valence-corrected chi connectivity index (χ3v) is 5.16. The van der Waals surface area contributed by atoms with Crippen molar-refractivity contribution < 1.29 is 19.2 Å². The van der Waals surface area contributed by atoms with Crippen molar-refractivity contribution in [2.75, 3.05) is 7.11 Å². The minimum Gasteiger partial charge on any atom is -0.465 e. The first-order valence-electron chi connectivity index (χ1n) is 9.03. The van der Waals surface area contributed by atoms with Crippen LogP contribution in [0, 0.1) is 10.1 Å². The molecule has 1 aliphatic carbocycles. The van der Waals surface area contributed by atoms with Gasteiger partial charge < -0.3 is 9.64 Å². The average Bonchev–Trinajstić information content (AvgIpc) is 2.92. The molecule has 0 spiro atoms. The summed E-state index contributed by atoms with van der Waals surface area (Å²) in [6.07, 6.45) is 6.61. The molecule has 0 saturated heterocycles. The molecule has 7 nitrogen and oxygen atoms in total. The van der Waals surface area contributed by atoms with E-state index in [-0.39, 0.29) is 28.8 Å². The lowest BCUT2D eigenvalue weighted by atomic mass is 9.94. The van der Waals surface area contributed by atoms with Crippen LogP contribution < -0.4 is 0 Å². The molecule has 0 aromatic heterocycles. The molecule has 0 unspecified atom stereocenters. The van der Waals surface area contributed by atoms with E-state index in [9.17, 15) is 19.7 Å². The van der Waals surface area contributed by atoms with Crippen LogP contribution in [-0.2, 0) is 14.3 Å². The van der Waals surface area contributed by atoms with Gasteiger partial charge in [0.05, 0.1) is 23.2 Å². The lowest BCUT2D eigenvalue weighted by Gasteiger charge is -2.32. The summed E-state index contributed by atoms with van der Waals surface area (Å²) < 4.78 is 4.89. The maximum Gasteiger partial charge on any atom is 0.340 e. The van der Waals surface area contributed by atoms with Crippen LogP contribution in [0.3, 0.4) is 0 Å². The number of methoxy groups -OCH3 is 1. The van der Waals surface area contributed by atoms with E-state index in [1.54, 1.807) is 24.0 Å². The fourth-order valence-corrected chi connectivity index (χ4v) is 3.87. The number of nitrogens with zero attached hydrogens (tertiary/aromatic N) is 2. The lowest BCUT2D eigenvalue weighted by Crippen LogP contribution is -2.37. The molecule has 1 amide bonds. The Morgan fingerprint density at radius 3 is 2.63 bits per heavy atom. The molecule has 27 heavy (non-hydrogen) atoms. The van der Waals surface area contributed by atoms with Crippen LogP contribution in [0.4, 0.5) is 5.69 Å². The number of hydrogen-bond acceptors (Lipinski definition) is 5. The highest BCUT2D eigenvalue weighted by Gasteiger charge is 2.40. The van der Waals surface area contributed by atoms with Crippen molar-refractivity contribution in [3.63, 3.8) is 0 Å². The zero-order valence-corrected chi connectivity index (χ0v) is 15.4. The molecule has 142 valence electrons. The summed E-state index contributed by atoms with van der Waals surface area (Å²) in [5.41, 5.74) is 1.48. The molecule has 3 rings (SSSR count). The van der Waals surface area contributed by atoms with E-state index in [1.165, 1.54) is 25.3 Å². The largest absolute Gasteiger partial charge is 0.465 e. The highest BCUT2D eigenvalue weighted by molar-refractivity contribution is 6.16. The van der Waals surface area contributed by atoms with Crippen LogP contribution in [0.25, 0.3) is 6.08 Å². The van der Waals surface area contributed by atoms with Crippen molar-refractivity contribution in [3.05, 3.63) is 56.8 Å². The smallest absolute Gasteiger partial charge is 0.340 e. The van der Waals surface area contributed by atoms with E-state index < -0.39 is 10.9 Å². The van der Waals surface area contributed by atoms with Gasteiger partial charge in [0.2, 0.25) is 0 Å². The van der Waals surface area contributed by atoms with Crippen LogP contribution in [0.5, 0.6) is 0 Å². The Kier molecular flexibility index (Phi) is 5.39. The number of carbonyl (C=O) groups excluding carboxylic acids is 2. The number of amides is 1. The molecule has 1 aromatic rings. The second-order valence-corrected chi connectivity index (χ2v) is 6.83. The number of allylic oxidation sites excluding steroid dienone is 1. The maximum atomic E-state index is 13.1. The van der Waals surface area contributed by atoms with Crippen LogP contribution in [0.2, 0.25) is 0 Å². The van der Waals surface area contributed by atoms with Gasteiger partial charge in [-0.3, -0.25) is 14.9 Å². The van der Waals surface area contributed by atoms with Crippen molar-refractivity contribution in [1.29, 1.82) is 0 Å². The number of ether oxygens (including phenoxy) is 1. The summed E-state index contributed by atoms with van der Waals surface area (Å²) in [7, 11) is 1.28. The van der Waals surface area contributed by atoms with Crippen LogP contribution in [0.15, 0.2) is 41.1 Å². The minimum absolute atomic E-state index is 0.0701. The average molecular weight is 370 g/mol. The van der Waals surface area contributed by atoms with Gasteiger partial charge in [-0.1, -0.05) is 31.4 Å². The molecular formula is C20H22N2O5. The second kappa shape index (κ2) is 7.73. The van der Waals surface area contributed by atoms with E-state index in [0.717, 1.165) is 32.1 Å². The van der Waals surface area contributed by atoms with Gasteiger partial charge in [-0.2, -0.15) is 0 Å². The standard InChI is InChI=1S/C20H22N2O5/c1-13-18(20(24)27-2)17(12-14-7-6-10-16(11-14)22(25)26)19(23)21(13)15-8-4-3-5-9-15/h6-7,10-12,15H,3-5,8-9H2,1-2H3. The van der Waals surface area contributed by atoms with Gasteiger partial charge in [0.25, 0.3) is 11.6 Å². The Labute approximate surface area is 157 Å². The minimum atomic E-state index is -0.573. The van der Waals surface area contributed by atoms with Gasteiger partial charge in [-0.05, 0) is 31.4 Å². The Morgan fingerprint density at radius 1 is 1.30 bits per heavy atom. The molecule has 1 heterocycles. The van der Waals surface area contributed by atoms with Gasteiger partial charge in [0.15, 0.2) is 0 Å². The van der Waals surface area contributed by atoms with Crippen LogP contribution in [-0.4, -0.2) is 34.9 Å². The predicted molar refractivity (Wildman–Crippen MR) is 99.5 cm³/mol. The molecule has 0 N–H and O–H groups in total. The van der Waals surface area contributed by atoms with Crippen molar-refractivity contribution >= 4 is 23.6 Å². The van der Waals surface area contributed by atoms with Crippen molar-refractivity contribution in [1.82, 2.24) is 4.90 Å². The van der Waals surface area contributed by atoms with E-state index in [4.69, 9.17) is 4.74 Å². The molecule has 1 saturated carbocycles. The molecule has 7 heteroatoms. The number of esters is 1. The summed E-state index contributed by atoms with van der Waals surface area (Å²) >= 11 is 0. The van der Waals surface area contributed by atoms with E-state index in [2.05, 4.69) is 0 Å². The zero-order valence-electron chi connectivity index (χ0n) is 15.4. The zero-order chi connectivity index (χ0) is 19.6. The number of hydrogen-bond donors (Lipinski definition) is 0. The quantitative estimate of drug-likeness (QED) is 0.350. The first-order chi connectivity index (χ1) is 12.9. The number of nitro benzene ring substituents is 1. The number of benzene rings is 1. The van der Waals surface area contributed by atoms with E-state index in [1.807, 2.05) is 0 Å². The summed E-state index contributed by atoms with van der Waals surface area (Å²) in [4.78, 5) is 37.7. The first kappa shape index (κ1) is 18.8. The Hall–Kier alpha value is -2.96. The fraction of sp³-hybridized carbons (Fsp3) is 0.400. The fourth-order valence-electron chi connectivity index (χ4n) is 3.87. The van der Waals surface area contributed by atoms with Crippen LogP contribution >= 0.6 is 0 Å². The second-order valence-electron chi connectivity index (χ2n) is 6.83. The van der Waals surface area contributed by atoms with Crippen molar-refractivity contribution in [2.45, 2.75) is 45.1 Å². The summed E-state index contributed by atoms with van der Waals surface area (Å²) in [6.45, 7) is 1.76. The number of nitro groups is 1. The molecule has 1 fully saturated rings. The summed E-state index contributed by atoms with van der Waals surface area (Å²) in [5.74, 6) is -0.817. The molecule has 1 aliphatic heterocycles. The molecule has 1 aromatic carbocycles. The summed E-state index contributed by atoms with van der Waals surface area (Å²) in [6, 6.07) is 6.06. The lowest BCUT2D eigenvalue weighted by molar-refractivity contribution is -0.384. The highest BCUT2D eigenvalue weighted by atomic mass is 16.6. The van der Waals surface area contributed by atoms with Gasteiger partial charge in [0.1, 0.15) is 0 Å². The normalized spacial score (nSPS) is 19.7. The van der Waals surface area contributed by atoms with E-state index in [0.29, 0.717) is 11.3 Å². The summed E-state index contributed by atoms with van der Waals surface area (Å²) in [5, 5.41) is 11.0. The first-order valence-corrected chi connectivity index (χ1v) is 9.03. The number of carbonyl (C=O) groups is 2. The highest BCUT2D eigenvalue weighted by Crippen LogP contribution is 2.37. The van der Waals surface area contributed by atoms with Gasteiger partial charge in [-0.15, -0.1) is 0 Å². The van der Waals surface area contributed by atoms with Crippen LogP contribution in [0.1, 0.15) is 44.6 Å². The Morgan fingerprint density at radius 2 is 2.00 bits per heavy atom. The topological polar surface area (TPSA) is 89.8 Å². The van der Waals surface area contributed by atoms with Gasteiger partial charge in [-0.25, -0.2) is 4.79 Å². The molecule has 0 bridgehead atoms. The molecule has 2 aliphatic rings. The van der Waals surface area contributed by atoms with Crippen molar-refractivity contribution in [2.24, 2.45) is 0 Å². The molecular weight excluding hydrogens is 348 g/mol. The van der Waals surface area contributed by atoms with E-state index >= 15 is 0 Å². The molecule has 0 radical (unpaired) electrons. The predicted octanol–water partition coefficient (Wildman–Crippen LogP) is 3.60. The SMILES string of the molecule is COC(=O)C1=C(C)N(C2CCCCC2)C(=O)C1=Cc1cccc([N+](=O)[O-])c1. The van der Waals surface area contributed by atoms with Gasteiger partial charge >= 0.3 is 5.97 Å². The van der Waals surface area contributed by atoms with Crippen molar-refractivity contribution in [3.8, 4) is 0 Å². The monoisotopic (exact) mass is 370 g/mol. The van der Waals surface area contributed by atoms with Gasteiger partial charge in [0, 0.05) is 23.9 Å². The molecule has 0 atom stereocenters. The number of non-ortho nitro benzene ring substituents is 1.